The summed E-state index contributed by atoms with van der Waals surface area (Å²) in [6.45, 7) is 8.23. The van der Waals surface area contributed by atoms with Crippen molar-refractivity contribution in [3.63, 3.8) is 0 Å². The SMILES string of the molecule is CCOC(=O)[C@H](CS)NC(=O)c1c(C)nn(CC)c1C. The first-order valence-electron chi connectivity index (χ1n) is 6.58. The summed E-state index contributed by atoms with van der Waals surface area (Å²) in [6, 6.07) is -0.755. The maximum absolute atomic E-state index is 12.3. The number of thiol groups is 1. The Hall–Kier alpha value is -1.50. The Kier molecular flexibility index (Phi) is 6.06. The van der Waals surface area contributed by atoms with Gasteiger partial charge in [0.25, 0.3) is 5.91 Å². The predicted molar refractivity (Wildman–Crippen MR) is 79.1 cm³/mol. The summed E-state index contributed by atoms with van der Waals surface area (Å²) in [4.78, 5) is 24.0. The highest BCUT2D eigenvalue weighted by atomic mass is 32.1. The molecule has 7 heteroatoms. The Morgan fingerprint density at radius 3 is 2.50 bits per heavy atom. The van der Waals surface area contributed by atoms with Crippen LogP contribution in [0.3, 0.4) is 0 Å². The van der Waals surface area contributed by atoms with Gasteiger partial charge >= 0.3 is 5.97 Å². The number of aryl methyl sites for hydroxylation is 2. The second-order valence-corrected chi connectivity index (χ2v) is 4.69. The van der Waals surface area contributed by atoms with Crippen LogP contribution >= 0.6 is 12.6 Å². The highest BCUT2D eigenvalue weighted by Crippen LogP contribution is 2.13. The highest BCUT2D eigenvalue weighted by Gasteiger charge is 2.24. The van der Waals surface area contributed by atoms with Crippen LogP contribution < -0.4 is 5.32 Å². The van der Waals surface area contributed by atoms with Gasteiger partial charge in [0.15, 0.2) is 0 Å². The third-order valence-corrected chi connectivity index (χ3v) is 3.33. The zero-order chi connectivity index (χ0) is 15.3. The number of nitrogens with zero attached hydrogens (tertiary/aromatic N) is 2. The second-order valence-electron chi connectivity index (χ2n) is 4.32. The minimum atomic E-state index is -0.755. The number of carbonyl (C=O) groups is 2. The quantitative estimate of drug-likeness (QED) is 0.610. The van der Waals surface area contributed by atoms with E-state index in [1.165, 1.54) is 0 Å². The molecule has 0 saturated heterocycles. The van der Waals surface area contributed by atoms with Gasteiger partial charge in [-0.1, -0.05) is 0 Å². The number of ether oxygens (including phenoxy) is 1. The van der Waals surface area contributed by atoms with Crippen molar-refractivity contribution in [1.82, 2.24) is 15.1 Å². The van der Waals surface area contributed by atoms with Gasteiger partial charge in [0.2, 0.25) is 0 Å². The fourth-order valence-corrected chi connectivity index (χ4v) is 2.23. The Labute approximate surface area is 124 Å². The van der Waals surface area contributed by atoms with E-state index in [9.17, 15) is 9.59 Å². The third kappa shape index (κ3) is 3.53. The summed E-state index contributed by atoms with van der Waals surface area (Å²) in [6.07, 6.45) is 0. The summed E-state index contributed by atoms with van der Waals surface area (Å²) >= 11 is 4.07. The van der Waals surface area contributed by atoms with E-state index in [-0.39, 0.29) is 18.3 Å². The maximum atomic E-state index is 12.3. The third-order valence-electron chi connectivity index (χ3n) is 2.97. The van der Waals surface area contributed by atoms with E-state index in [1.54, 1.807) is 18.5 Å². The van der Waals surface area contributed by atoms with Gasteiger partial charge in [-0.05, 0) is 27.7 Å². The van der Waals surface area contributed by atoms with E-state index < -0.39 is 12.0 Å². The molecule has 1 rings (SSSR count). The molecular weight excluding hydrogens is 278 g/mol. The summed E-state index contributed by atoms with van der Waals surface area (Å²) < 4.78 is 6.65. The Morgan fingerprint density at radius 1 is 1.40 bits per heavy atom. The fraction of sp³-hybridized carbons (Fsp3) is 0.615. The molecule has 6 nitrogen and oxygen atoms in total. The summed E-state index contributed by atoms with van der Waals surface area (Å²) in [5, 5.41) is 6.93. The van der Waals surface area contributed by atoms with Crippen LogP contribution in [0.25, 0.3) is 0 Å². The first kappa shape index (κ1) is 16.6. The summed E-state index contributed by atoms with van der Waals surface area (Å²) in [5.74, 6) is -0.620. The number of carbonyl (C=O) groups excluding carboxylic acids is 2. The van der Waals surface area contributed by atoms with Crippen LogP contribution in [0.5, 0.6) is 0 Å². The van der Waals surface area contributed by atoms with E-state index >= 15 is 0 Å². The molecule has 0 aliphatic rings. The lowest BCUT2D eigenvalue weighted by molar-refractivity contribution is -0.144. The first-order chi connectivity index (χ1) is 9.46. The molecular formula is C13H21N3O3S. The molecule has 0 aliphatic carbocycles. The van der Waals surface area contributed by atoms with Crippen molar-refractivity contribution < 1.29 is 14.3 Å². The van der Waals surface area contributed by atoms with Gasteiger partial charge in [-0.3, -0.25) is 9.48 Å². The van der Waals surface area contributed by atoms with Crippen molar-refractivity contribution in [2.45, 2.75) is 40.3 Å². The van der Waals surface area contributed by atoms with Gasteiger partial charge in [0.1, 0.15) is 6.04 Å². The van der Waals surface area contributed by atoms with Crippen LogP contribution in [0.4, 0.5) is 0 Å². The van der Waals surface area contributed by atoms with Crippen molar-refractivity contribution in [2.75, 3.05) is 12.4 Å². The topological polar surface area (TPSA) is 73.2 Å². The lowest BCUT2D eigenvalue weighted by Crippen LogP contribution is -2.43. The number of nitrogens with one attached hydrogen (secondary N) is 1. The van der Waals surface area contributed by atoms with Crippen LogP contribution in [0.2, 0.25) is 0 Å². The van der Waals surface area contributed by atoms with Crippen molar-refractivity contribution in [3.05, 3.63) is 17.0 Å². The molecule has 1 heterocycles. The number of rotatable bonds is 6. The van der Waals surface area contributed by atoms with Gasteiger partial charge < -0.3 is 10.1 Å². The number of esters is 1. The molecule has 0 unspecified atom stereocenters. The smallest absolute Gasteiger partial charge is 0.329 e. The van der Waals surface area contributed by atoms with Crippen LogP contribution in [0, 0.1) is 13.8 Å². The molecule has 20 heavy (non-hydrogen) atoms. The van der Waals surface area contributed by atoms with E-state index in [2.05, 4.69) is 23.0 Å². The number of hydrogen-bond donors (Lipinski definition) is 2. The van der Waals surface area contributed by atoms with E-state index in [0.717, 1.165) is 5.69 Å². The average Bonchev–Trinajstić information content (AvgIpc) is 2.70. The molecule has 1 aromatic rings. The van der Waals surface area contributed by atoms with Gasteiger partial charge in [0, 0.05) is 18.0 Å². The summed E-state index contributed by atoms with van der Waals surface area (Å²) in [5.41, 5.74) is 1.93. The van der Waals surface area contributed by atoms with Crippen molar-refractivity contribution in [1.29, 1.82) is 0 Å². The van der Waals surface area contributed by atoms with Gasteiger partial charge in [0.05, 0.1) is 17.9 Å². The molecule has 0 bridgehead atoms. The molecule has 112 valence electrons. The van der Waals surface area contributed by atoms with Crippen LogP contribution in [-0.4, -0.2) is 40.1 Å². The first-order valence-corrected chi connectivity index (χ1v) is 7.21. The lowest BCUT2D eigenvalue weighted by Gasteiger charge is -2.15. The monoisotopic (exact) mass is 299 g/mol. The molecule has 1 atom stereocenters. The number of amides is 1. The minimum Gasteiger partial charge on any atom is -0.464 e. The van der Waals surface area contributed by atoms with E-state index in [0.29, 0.717) is 17.8 Å². The van der Waals surface area contributed by atoms with Crippen molar-refractivity contribution in [2.24, 2.45) is 0 Å². The van der Waals surface area contributed by atoms with E-state index in [4.69, 9.17) is 4.74 Å². The van der Waals surface area contributed by atoms with Gasteiger partial charge in [-0.2, -0.15) is 17.7 Å². The number of hydrogen-bond acceptors (Lipinski definition) is 5. The largest absolute Gasteiger partial charge is 0.464 e. The highest BCUT2D eigenvalue weighted by molar-refractivity contribution is 7.80. The van der Waals surface area contributed by atoms with Crippen molar-refractivity contribution >= 4 is 24.5 Å². The maximum Gasteiger partial charge on any atom is 0.329 e. The standard InChI is InChI=1S/C13H21N3O3S/c1-5-16-9(4)11(8(3)15-16)12(17)14-10(7-20)13(18)19-6-2/h10,20H,5-7H2,1-4H3,(H,14,17)/t10-/m0/s1. The molecule has 1 amide bonds. The zero-order valence-corrected chi connectivity index (χ0v) is 13.2. The normalized spacial score (nSPS) is 12.1. The van der Waals surface area contributed by atoms with Crippen LogP contribution in [0.15, 0.2) is 0 Å². The Balaban J connectivity index is 2.90. The molecule has 0 aliphatic heterocycles. The van der Waals surface area contributed by atoms with Crippen molar-refractivity contribution in [3.8, 4) is 0 Å². The molecule has 1 aromatic heterocycles. The number of aromatic nitrogens is 2. The van der Waals surface area contributed by atoms with Gasteiger partial charge in [-0.15, -0.1) is 0 Å². The fourth-order valence-electron chi connectivity index (χ4n) is 1.99. The minimum absolute atomic E-state index is 0.185. The second kappa shape index (κ2) is 7.33. The molecule has 0 aromatic carbocycles. The molecule has 0 spiro atoms. The molecule has 1 N–H and O–H groups in total. The van der Waals surface area contributed by atoms with Crippen LogP contribution in [0.1, 0.15) is 35.6 Å². The molecule has 0 saturated carbocycles. The predicted octanol–water partition coefficient (Wildman–Crippen LogP) is 1.11. The zero-order valence-electron chi connectivity index (χ0n) is 12.3. The molecule has 0 fully saturated rings. The average molecular weight is 299 g/mol. The Bertz CT molecular complexity index is 499. The lowest BCUT2D eigenvalue weighted by atomic mass is 10.1. The van der Waals surface area contributed by atoms with Crippen LogP contribution in [-0.2, 0) is 16.1 Å². The summed E-state index contributed by atoms with van der Waals surface area (Å²) in [7, 11) is 0. The van der Waals surface area contributed by atoms with E-state index in [1.807, 2.05) is 13.8 Å². The Morgan fingerprint density at radius 2 is 2.05 bits per heavy atom. The van der Waals surface area contributed by atoms with Gasteiger partial charge in [-0.25, -0.2) is 4.79 Å². The molecule has 0 radical (unpaired) electrons.